The van der Waals surface area contributed by atoms with E-state index in [4.69, 9.17) is 31.5 Å². The molecule has 0 amide bonds. The molecule has 4 rings (SSSR count). The maximum Gasteiger partial charge on any atom is 0.349 e. The summed E-state index contributed by atoms with van der Waals surface area (Å²) in [6, 6.07) is 19.1. The second kappa shape index (κ2) is 9.52. The molecule has 0 radical (unpaired) electrons. The van der Waals surface area contributed by atoms with E-state index in [1.165, 1.54) is 18.2 Å². The summed E-state index contributed by atoms with van der Waals surface area (Å²) in [6.07, 6.45) is 0. The van der Waals surface area contributed by atoms with Gasteiger partial charge in [0.2, 0.25) is 5.88 Å². The fraction of sp³-hybridized carbons (Fsp3) is 0.0833. The minimum atomic E-state index is -0.640. The Kier molecular flexibility index (Phi) is 6.34. The smallest absolute Gasteiger partial charge is 0.349 e. The molecule has 0 bridgehead atoms. The number of carbonyl (C=O) groups excluding carboxylic acids is 1. The van der Waals surface area contributed by atoms with Gasteiger partial charge in [-0.3, -0.25) is 10.1 Å². The number of benzene rings is 3. The Labute approximate surface area is 198 Å². The first-order valence-corrected chi connectivity index (χ1v) is 10.3. The monoisotopic (exact) mass is 477 g/mol. The molecular weight excluding hydrogens is 462 g/mol. The highest BCUT2D eigenvalue weighted by molar-refractivity contribution is 6.30. The molecule has 0 aromatic heterocycles. The van der Waals surface area contributed by atoms with Gasteiger partial charge in [-0.05, 0) is 35.9 Å². The van der Waals surface area contributed by atoms with Gasteiger partial charge < -0.3 is 19.9 Å². The Morgan fingerprint density at radius 1 is 1.12 bits per heavy atom. The first-order chi connectivity index (χ1) is 16.4. The van der Waals surface area contributed by atoms with E-state index in [1.807, 2.05) is 6.07 Å². The average molecular weight is 478 g/mol. The summed E-state index contributed by atoms with van der Waals surface area (Å²) < 4.78 is 16.3. The maximum atomic E-state index is 12.2. The van der Waals surface area contributed by atoms with Crippen LogP contribution >= 0.6 is 11.6 Å². The summed E-state index contributed by atoms with van der Waals surface area (Å²) in [6.45, 7) is -0.328. The maximum absolute atomic E-state index is 12.2. The second-order valence-corrected chi connectivity index (χ2v) is 7.63. The molecule has 10 heteroatoms. The lowest BCUT2D eigenvalue weighted by Gasteiger charge is -2.26. The zero-order valence-electron chi connectivity index (χ0n) is 17.4. The van der Waals surface area contributed by atoms with E-state index < -0.39 is 16.8 Å². The van der Waals surface area contributed by atoms with E-state index in [1.54, 1.807) is 48.5 Å². The molecule has 0 saturated heterocycles. The first-order valence-electron chi connectivity index (χ1n) is 9.90. The molecule has 34 heavy (non-hydrogen) atoms. The fourth-order valence-electron chi connectivity index (χ4n) is 3.46. The third kappa shape index (κ3) is 4.77. The normalized spacial score (nSPS) is 14.4. The summed E-state index contributed by atoms with van der Waals surface area (Å²) in [7, 11) is 0. The van der Waals surface area contributed by atoms with Gasteiger partial charge in [-0.2, -0.15) is 5.26 Å². The van der Waals surface area contributed by atoms with E-state index in [0.717, 1.165) is 0 Å². The SMILES string of the molecule is N#CC1=C(N)Oc2cc(OC(=O)COc3ccc(Cl)cc3)ccc2C1c1ccc([N+](=O)[O-])cc1. The van der Waals surface area contributed by atoms with Crippen LogP contribution in [0.2, 0.25) is 5.02 Å². The van der Waals surface area contributed by atoms with Crippen molar-refractivity contribution < 1.29 is 23.9 Å². The van der Waals surface area contributed by atoms with E-state index in [0.29, 0.717) is 27.6 Å². The van der Waals surface area contributed by atoms with Crippen LogP contribution in [-0.4, -0.2) is 17.5 Å². The Morgan fingerprint density at radius 3 is 2.44 bits per heavy atom. The van der Waals surface area contributed by atoms with Gasteiger partial charge in [0.1, 0.15) is 28.9 Å². The number of rotatable bonds is 6. The van der Waals surface area contributed by atoms with Crippen LogP contribution < -0.4 is 19.9 Å². The van der Waals surface area contributed by atoms with Gasteiger partial charge in [0.25, 0.3) is 5.69 Å². The number of nitro benzene ring substituents is 1. The largest absolute Gasteiger partial charge is 0.482 e. The van der Waals surface area contributed by atoms with Gasteiger partial charge in [-0.25, -0.2) is 4.79 Å². The number of nitriles is 1. The number of allylic oxidation sites excluding steroid dienone is 1. The predicted octanol–water partition coefficient (Wildman–Crippen LogP) is 4.45. The summed E-state index contributed by atoms with van der Waals surface area (Å²) in [5.41, 5.74) is 7.28. The van der Waals surface area contributed by atoms with Gasteiger partial charge in [-0.1, -0.05) is 29.8 Å². The number of carbonyl (C=O) groups is 1. The molecular formula is C24H16ClN3O6. The molecule has 3 aromatic carbocycles. The first kappa shape index (κ1) is 22.6. The fourth-order valence-corrected chi connectivity index (χ4v) is 3.59. The van der Waals surface area contributed by atoms with Crippen molar-refractivity contribution in [3.05, 3.63) is 104 Å². The molecule has 0 saturated carbocycles. The summed E-state index contributed by atoms with van der Waals surface area (Å²) in [5, 5.41) is 21.2. The van der Waals surface area contributed by atoms with Gasteiger partial charge in [0.05, 0.1) is 10.8 Å². The van der Waals surface area contributed by atoms with Gasteiger partial charge in [0, 0.05) is 28.8 Å². The molecule has 1 aliphatic rings. The molecule has 0 spiro atoms. The molecule has 1 aliphatic heterocycles. The van der Waals surface area contributed by atoms with Gasteiger partial charge in [-0.15, -0.1) is 0 Å². The Hall–Kier alpha value is -4.55. The highest BCUT2D eigenvalue weighted by atomic mass is 35.5. The van der Waals surface area contributed by atoms with Crippen LogP contribution in [0.5, 0.6) is 17.2 Å². The predicted molar refractivity (Wildman–Crippen MR) is 121 cm³/mol. The zero-order chi connectivity index (χ0) is 24.2. The van der Waals surface area contributed by atoms with Crippen molar-refractivity contribution in [1.82, 2.24) is 0 Å². The number of hydrogen-bond donors (Lipinski definition) is 1. The molecule has 1 atom stereocenters. The van der Waals surface area contributed by atoms with Crippen molar-refractivity contribution in [3.63, 3.8) is 0 Å². The van der Waals surface area contributed by atoms with E-state index in [9.17, 15) is 20.2 Å². The Balaban J connectivity index is 1.54. The van der Waals surface area contributed by atoms with E-state index >= 15 is 0 Å². The molecule has 2 N–H and O–H groups in total. The molecule has 0 aliphatic carbocycles. The molecule has 9 nitrogen and oxygen atoms in total. The summed E-state index contributed by atoms with van der Waals surface area (Å²) in [4.78, 5) is 22.7. The number of non-ortho nitro benzene ring substituents is 1. The van der Waals surface area contributed by atoms with Crippen molar-refractivity contribution in [2.24, 2.45) is 5.73 Å². The third-order valence-electron chi connectivity index (χ3n) is 5.03. The van der Waals surface area contributed by atoms with Gasteiger partial charge in [0.15, 0.2) is 6.61 Å². The third-order valence-corrected chi connectivity index (χ3v) is 5.28. The zero-order valence-corrected chi connectivity index (χ0v) is 18.2. The minimum absolute atomic E-state index is 0.0745. The number of ether oxygens (including phenoxy) is 3. The molecule has 1 heterocycles. The van der Waals surface area contributed by atoms with Crippen molar-refractivity contribution in [2.45, 2.75) is 5.92 Å². The quantitative estimate of drug-likeness (QED) is 0.238. The highest BCUT2D eigenvalue weighted by Gasteiger charge is 2.31. The number of nitro groups is 1. The molecule has 0 fully saturated rings. The number of hydrogen-bond acceptors (Lipinski definition) is 8. The molecule has 170 valence electrons. The van der Waals surface area contributed by atoms with Crippen molar-refractivity contribution in [2.75, 3.05) is 6.61 Å². The van der Waals surface area contributed by atoms with Crippen molar-refractivity contribution in [3.8, 4) is 23.3 Å². The average Bonchev–Trinajstić information content (AvgIpc) is 2.83. The van der Waals surface area contributed by atoms with Crippen LogP contribution in [0, 0.1) is 21.4 Å². The Bertz CT molecular complexity index is 1330. The number of halogens is 1. The molecule has 3 aromatic rings. The van der Waals surface area contributed by atoms with Crippen LogP contribution in [0.25, 0.3) is 0 Å². The van der Waals surface area contributed by atoms with Crippen LogP contribution in [0.4, 0.5) is 5.69 Å². The van der Waals surface area contributed by atoms with E-state index in [2.05, 4.69) is 0 Å². The van der Waals surface area contributed by atoms with Crippen molar-refractivity contribution in [1.29, 1.82) is 5.26 Å². The summed E-state index contributed by atoms with van der Waals surface area (Å²) >= 11 is 5.82. The van der Waals surface area contributed by atoms with Crippen molar-refractivity contribution >= 4 is 23.3 Å². The van der Waals surface area contributed by atoms with Crippen LogP contribution in [0.3, 0.4) is 0 Å². The lowest BCUT2D eigenvalue weighted by molar-refractivity contribution is -0.384. The Morgan fingerprint density at radius 2 is 1.79 bits per heavy atom. The van der Waals surface area contributed by atoms with Crippen LogP contribution in [-0.2, 0) is 4.79 Å². The van der Waals surface area contributed by atoms with Crippen LogP contribution in [0.15, 0.2) is 78.2 Å². The number of esters is 1. The minimum Gasteiger partial charge on any atom is -0.482 e. The lowest BCUT2D eigenvalue weighted by atomic mass is 9.83. The number of nitrogens with zero attached hydrogens (tertiary/aromatic N) is 2. The molecule has 1 unspecified atom stereocenters. The number of fused-ring (bicyclic) bond motifs is 1. The summed E-state index contributed by atoms with van der Waals surface area (Å²) in [5.74, 6) is -0.398. The number of nitrogens with two attached hydrogens (primary N) is 1. The topological polar surface area (TPSA) is 138 Å². The van der Waals surface area contributed by atoms with E-state index in [-0.39, 0.29) is 29.5 Å². The van der Waals surface area contributed by atoms with Crippen LogP contribution in [0.1, 0.15) is 17.0 Å². The second-order valence-electron chi connectivity index (χ2n) is 7.19. The standard InChI is InChI=1S/C24H16ClN3O6/c25-15-3-7-17(8-4-15)32-13-22(29)33-18-9-10-19-21(11-18)34-24(27)20(12-26)23(19)14-1-5-16(6-2-14)28(30)31/h1-11,23H,13,27H2. The lowest BCUT2D eigenvalue weighted by Crippen LogP contribution is -2.21. The highest BCUT2D eigenvalue weighted by Crippen LogP contribution is 2.43. The van der Waals surface area contributed by atoms with Gasteiger partial charge >= 0.3 is 5.97 Å².